The maximum atomic E-state index is 12.1. The molecule has 96 valence electrons. The Kier molecular flexibility index (Phi) is 3.53. The van der Waals surface area contributed by atoms with Gasteiger partial charge in [0.05, 0.1) is 11.1 Å². The third-order valence-corrected chi connectivity index (χ3v) is 2.76. The number of aromatic nitrogens is 1. The molecule has 19 heavy (non-hydrogen) atoms. The number of aliphatic carboxylic acids is 1. The SMILES string of the molecule is C#CCC(NC(=O)c1cccc2cc[nH]c12)C(=O)O. The van der Waals surface area contributed by atoms with Gasteiger partial charge in [0.25, 0.3) is 5.91 Å². The highest BCUT2D eigenvalue weighted by Crippen LogP contribution is 2.16. The molecule has 2 aromatic rings. The highest BCUT2D eigenvalue weighted by atomic mass is 16.4. The molecule has 0 fully saturated rings. The molecule has 1 atom stereocenters. The molecule has 0 saturated carbocycles. The van der Waals surface area contributed by atoms with Gasteiger partial charge in [-0.1, -0.05) is 12.1 Å². The summed E-state index contributed by atoms with van der Waals surface area (Å²) in [5, 5.41) is 12.3. The first-order chi connectivity index (χ1) is 9.13. The molecule has 3 N–H and O–H groups in total. The maximum absolute atomic E-state index is 12.1. The molecule has 0 bridgehead atoms. The second kappa shape index (κ2) is 5.27. The van der Waals surface area contributed by atoms with Crippen LogP contribution in [0, 0.1) is 12.3 Å². The second-order valence-corrected chi connectivity index (χ2v) is 4.02. The summed E-state index contributed by atoms with van der Waals surface area (Å²) in [6.45, 7) is 0. The fraction of sp³-hybridized carbons (Fsp3) is 0.143. The normalized spacial score (nSPS) is 11.7. The number of carbonyl (C=O) groups excluding carboxylic acids is 1. The van der Waals surface area contributed by atoms with Crippen LogP contribution in [0.2, 0.25) is 0 Å². The summed E-state index contributed by atoms with van der Waals surface area (Å²) >= 11 is 0. The third kappa shape index (κ3) is 2.58. The van der Waals surface area contributed by atoms with Crippen LogP contribution in [-0.4, -0.2) is 28.0 Å². The van der Waals surface area contributed by atoms with Crippen LogP contribution in [0.15, 0.2) is 30.5 Å². The van der Waals surface area contributed by atoms with E-state index >= 15 is 0 Å². The molecule has 2 rings (SSSR count). The number of amides is 1. The van der Waals surface area contributed by atoms with Crippen molar-refractivity contribution in [1.82, 2.24) is 10.3 Å². The molecule has 1 unspecified atom stereocenters. The van der Waals surface area contributed by atoms with Crippen molar-refractivity contribution >= 4 is 22.8 Å². The average molecular weight is 256 g/mol. The van der Waals surface area contributed by atoms with Crippen LogP contribution in [0.3, 0.4) is 0 Å². The number of hydrogen-bond donors (Lipinski definition) is 3. The summed E-state index contributed by atoms with van der Waals surface area (Å²) in [5.74, 6) is 0.624. The number of carboxylic acid groups (broad SMARTS) is 1. The van der Waals surface area contributed by atoms with E-state index in [1.165, 1.54) is 0 Å². The molecule has 0 aliphatic carbocycles. The number of hydrogen-bond acceptors (Lipinski definition) is 2. The number of para-hydroxylation sites is 1. The molecule has 0 aliphatic heterocycles. The van der Waals surface area contributed by atoms with Gasteiger partial charge in [0, 0.05) is 18.0 Å². The zero-order valence-electron chi connectivity index (χ0n) is 10.0. The van der Waals surface area contributed by atoms with Crippen molar-refractivity contribution in [2.75, 3.05) is 0 Å². The van der Waals surface area contributed by atoms with E-state index < -0.39 is 17.9 Å². The zero-order valence-corrected chi connectivity index (χ0v) is 10.0. The van der Waals surface area contributed by atoms with Gasteiger partial charge in [0.15, 0.2) is 0 Å². The maximum Gasteiger partial charge on any atom is 0.327 e. The van der Waals surface area contributed by atoms with Crippen molar-refractivity contribution in [3.05, 3.63) is 36.0 Å². The summed E-state index contributed by atoms with van der Waals surface area (Å²) < 4.78 is 0. The lowest BCUT2D eigenvalue weighted by molar-refractivity contribution is -0.139. The number of terminal acetylenes is 1. The number of carbonyl (C=O) groups is 2. The van der Waals surface area contributed by atoms with Crippen LogP contribution in [0.25, 0.3) is 10.9 Å². The number of rotatable bonds is 4. The number of carboxylic acids is 1. The molecular formula is C14H12N2O3. The van der Waals surface area contributed by atoms with E-state index in [4.69, 9.17) is 11.5 Å². The first kappa shape index (κ1) is 12.7. The van der Waals surface area contributed by atoms with E-state index in [2.05, 4.69) is 16.2 Å². The van der Waals surface area contributed by atoms with Gasteiger partial charge < -0.3 is 15.4 Å². The van der Waals surface area contributed by atoms with Gasteiger partial charge in [-0.3, -0.25) is 4.79 Å². The van der Waals surface area contributed by atoms with E-state index in [9.17, 15) is 9.59 Å². The number of aromatic amines is 1. The zero-order chi connectivity index (χ0) is 13.8. The molecule has 1 amide bonds. The summed E-state index contributed by atoms with van der Waals surface area (Å²) in [5.41, 5.74) is 1.07. The van der Waals surface area contributed by atoms with Gasteiger partial charge in [-0.2, -0.15) is 0 Å². The highest BCUT2D eigenvalue weighted by molar-refractivity contribution is 6.06. The molecule has 5 heteroatoms. The lowest BCUT2D eigenvalue weighted by Crippen LogP contribution is -2.40. The van der Waals surface area contributed by atoms with Crippen molar-refractivity contribution in [2.45, 2.75) is 12.5 Å². The first-order valence-electron chi connectivity index (χ1n) is 5.66. The van der Waals surface area contributed by atoms with Gasteiger partial charge in [-0.15, -0.1) is 12.3 Å². The summed E-state index contributed by atoms with van der Waals surface area (Å²) in [6, 6.07) is 5.98. The van der Waals surface area contributed by atoms with E-state index in [0.717, 1.165) is 5.39 Å². The average Bonchev–Trinajstić information content (AvgIpc) is 2.85. The number of benzene rings is 1. The largest absolute Gasteiger partial charge is 0.480 e. The quantitative estimate of drug-likeness (QED) is 0.723. The molecule has 1 aromatic heterocycles. The van der Waals surface area contributed by atoms with Gasteiger partial charge in [0.1, 0.15) is 6.04 Å². The molecule has 5 nitrogen and oxygen atoms in total. The summed E-state index contributed by atoms with van der Waals surface area (Å²) in [7, 11) is 0. The number of fused-ring (bicyclic) bond motifs is 1. The van der Waals surface area contributed by atoms with Crippen molar-refractivity contribution in [1.29, 1.82) is 0 Å². The monoisotopic (exact) mass is 256 g/mol. The second-order valence-electron chi connectivity index (χ2n) is 4.02. The predicted molar refractivity (Wildman–Crippen MR) is 70.6 cm³/mol. The number of nitrogens with one attached hydrogen (secondary N) is 2. The minimum Gasteiger partial charge on any atom is -0.480 e. The Bertz CT molecular complexity index is 667. The Balaban J connectivity index is 2.27. The van der Waals surface area contributed by atoms with Gasteiger partial charge in [-0.05, 0) is 12.1 Å². The molecule has 0 saturated heterocycles. The summed E-state index contributed by atoms with van der Waals surface area (Å²) in [4.78, 5) is 26.0. The minimum atomic E-state index is -1.15. The fourth-order valence-corrected chi connectivity index (χ4v) is 1.83. The van der Waals surface area contributed by atoms with Crippen LogP contribution >= 0.6 is 0 Å². The molecular weight excluding hydrogens is 244 g/mol. The number of H-pyrrole nitrogens is 1. The topological polar surface area (TPSA) is 82.2 Å². The van der Waals surface area contributed by atoms with Crippen LogP contribution in [0.5, 0.6) is 0 Å². The van der Waals surface area contributed by atoms with Gasteiger partial charge >= 0.3 is 5.97 Å². The Hall–Kier alpha value is -2.74. The molecule has 1 heterocycles. The molecule has 0 spiro atoms. The van der Waals surface area contributed by atoms with E-state index in [0.29, 0.717) is 11.1 Å². The molecule has 0 radical (unpaired) electrons. The van der Waals surface area contributed by atoms with Crippen molar-refractivity contribution < 1.29 is 14.7 Å². The van der Waals surface area contributed by atoms with Crippen molar-refractivity contribution in [3.8, 4) is 12.3 Å². The van der Waals surface area contributed by atoms with Crippen molar-refractivity contribution in [3.63, 3.8) is 0 Å². The molecule has 1 aromatic carbocycles. The fourth-order valence-electron chi connectivity index (χ4n) is 1.83. The highest BCUT2D eigenvalue weighted by Gasteiger charge is 2.20. The first-order valence-corrected chi connectivity index (χ1v) is 5.66. The third-order valence-electron chi connectivity index (χ3n) is 2.76. The minimum absolute atomic E-state index is 0.0538. The van der Waals surface area contributed by atoms with Crippen LogP contribution in [0.1, 0.15) is 16.8 Å². The van der Waals surface area contributed by atoms with E-state index in [-0.39, 0.29) is 6.42 Å². The van der Waals surface area contributed by atoms with Gasteiger partial charge in [-0.25, -0.2) is 4.79 Å². The van der Waals surface area contributed by atoms with Gasteiger partial charge in [0.2, 0.25) is 0 Å². The Morgan fingerprint density at radius 1 is 1.42 bits per heavy atom. The van der Waals surface area contributed by atoms with E-state index in [1.807, 2.05) is 12.1 Å². The molecule has 0 aliphatic rings. The van der Waals surface area contributed by atoms with Crippen LogP contribution in [-0.2, 0) is 4.79 Å². The smallest absolute Gasteiger partial charge is 0.327 e. The lowest BCUT2D eigenvalue weighted by Gasteiger charge is -2.12. The summed E-state index contributed by atoms with van der Waals surface area (Å²) in [6.07, 6.45) is 6.75. The Labute approximate surface area is 109 Å². The van der Waals surface area contributed by atoms with Crippen LogP contribution in [0.4, 0.5) is 0 Å². The van der Waals surface area contributed by atoms with Crippen LogP contribution < -0.4 is 5.32 Å². The Morgan fingerprint density at radius 2 is 2.21 bits per heavy atom. The standard InChI is InChI=1S/C14H12N2O3/c1-2-4-11(14(18)19)16-13(17)10-6-3-5-9-7-8-15-12(9)10/h1,3,5-8,11,15H,4H2,(H,16,17)(H,18,19). The van der Waals surface area contributed by atoms with Crippen molar-refractivity contribution in [2.24, 2.45) is 0 Å². The Morgan fingerprint density at radius 3 is 2.89 bits per heavy atom. The predicted octanol–water partition coefficient (Wildman–Crippen LogP) is 1.37. The lowest BCUT2D eigenvalue weighted by atomic mass is 10.1. The van der Waals surface area contributed by atoms with E-state index in [1.54, 1.807) is 18.3 Å².